The number of alkyl halides is 2. The SMILES string of the molecule is CS(=O)(=O)Nc1ccccc1C(=O)OCC(=O)O[C@@H](Cc1c(Cl)cncc1Cl)c1ccc(OC(F)F)c(OCC2CC2)c1. The Kier molecular flexibility index (Phi) is 10.6. The summed E-state index contributed by atoms with van der Waals surface area (Å²) in [5, 5.41) is 0.385. The lowest BCUT2D eigenvalue weighted by Gasteiger charge is -2.21. The van der Waals surface area contributed by atoms with E-state index in [1.165, 1.54) is 54.9 Å². The van der Waals surface area contributed by atoms with E-state index in [4.69, 9.17) is 37.4 Å². The predicted octanol–water partition coefficient (Wildman–Crippen LogP) is 5.83. The van der Waals surface area contributed by atoms with Gasteiger partial charge < -0.3 is 18.9 Å². The van der Waals surface area contributed by atoms with Crippen LogP contribution in [-0.2, 0) is 30.7 Å². The maximum absolute atomic E-state index is 13.0. The highest BCUT2D eigenvalue weighted by Crippen LogP contribution is 2.38. The van der Waals surface area contributed by atoms with Crippen LogP contribution in [0.3, 0.4) is 0 Å². The first-order valence-corrected chi connectivity index (χ1v) is 15.5. The average molecular weight is 659 g/mol. The maximum atomic E-state index is 13.0. The molecule has 1 atom stereocenters. The molecule has 230 valence electrons. The van der Waals surface area contributed by atoms with Gasteiger partial charge in [0, 0.05) is 18.8 Å². The zero-order valence-corrected chi connectivity index (χ0v) is 24.9. The van der Waals surface area contributed by atoms with Crippen LogP contribution >= 0.6 is 23.2 Å². The Labute approximate surface area is 256 Å². The molecule has 10 nitrogen and oxygen atoms in total. The molecule has 0 bridgehead atoms. The van der Waals surface area contributed by atoms with Crippen LogP contribution in [0.1, 0.15) is 40.4 Å². The average Bonchev–Trinajstić information content (AvgIpc) is 3.76. The summed E-state index contributed by atoms with van der Waals surface area (Å²) in [5.74, 6) is -1.82. The quantitative estimate of drug-likeness (QED) is 0.212. The summed E-state index contributed by atoms with van der Waals surface area (Å²) in [7, 11) is -3.70. The molecule has 4 rings (SSSR count). The summed E-state index contributed by atoms with van der Waals surface area (Å²) in [6.45, 7) is -3.64. The van der Waals surface area contributed by atoms with Crippen molar-refractivity contribution in [2.45, 2.75) is 32.0 Å². The summed E-state index contributed by atoms with van der Waals surface area (Å²) in [4.78, 5) is 29.5. The number of carbonyl (C=O) groups is 2. The highest BCUT2D eigenvalue weighted by atomic mass is 35.5. The number of halogens is 4. The van der Waals surface area contributed by atoms with Gasteiger partial charge in [-0.25, -0.2) is 18.0 Å². The third-order valence-corrected chi connectivity index (χ3v) is 7.35. The van der Waals surface area contributed by atoms with Gasteiger partial charge in [0.2, 0.25) is 10.0 Å². The van der Waals surface area contributed by atoms with Gasteiger partial charge in [0.05, 0.1) is 34.2 Å². The normalized spacial score (nSPS) is 13.7. The monoisotopic (exact) mass is 658 g/mol. The minimum atomic E-state index is -3.70. The number of benzene rings is 2. The number of aromatic nitrogens is 1. The largest absolute Gasteiger partial charge is 0.489 e. The Morgan fingerprint density at radius 1 is 1.07 bits per heavy atom. The van der Waals surface area contributed by atoms with E-state index in [1.807, 2.05) is 0 Å². The fourth-order valence-electron chi connectivity index (χ4n) is 3.91. The molecule has 15 heteroatoms. The number of hydrogen-bond donors (Lipinski definition) is 1. The number of hydrogen-bond acceptors (Lipinski definition) is 9. The number of rotatable bonds is 14. The molecular formula is C28H26Cl2F2N2O8S. The molecule has 1 fully saturated rings. The Hall–Kier alpha value is -3.68. The number of nitrogens with one attached hydrogen (secondary N) is 1. The van der Waals surface area contributed by atoms with Gasteiger partial charge in [-0.1, -0.05) is 41.4 Å². The minimum absolute atomic E-state index is 0.0269. The molecule has 0 unspecified atom stereocenters. The Morgan fingerprint density at radius 2 is 1.77 bits per heavy atom. The molecule has 0 spiro atoms. The lowest BCUT2D eigenvalue weighted by molar-refractivity contribution is -0.153. The third kappa shape index (κ3) is 9.66. The molecule has 1 aliphatic carbocycles. The number of carbonyl (C=O) groups excluding carboxylic acids is 2. The second-order valence-corrected chi connectivity index (χ2v) is 12.2. The third-order valence-electron chi connectivity index (χ3n) is 6.11. The van der Waals surface area contributed by atoms with Crippen LogP contribution in [-0.4, -0.2) is 51.4 Å². The molecule has 1 aromatic heterocycles. The zero-order valence-electron chi connectivity index (χ0n) is 22.6. The number of pyridine rings is 1. The van der Waals surface area contributed by atoms with E-state index in [0.717, 1.165) is 19.1 Å². The van der Waals surface area contributed by atoms with Gasteiger partial charge in [0.25, 0.3) is 0 Å². The lowest BCUT2D eigenvalue weighted by atomic mass is 10.0. The first-order chi connectivity index (χ1) is 20.4. The van der Waals surface area contributed by atoms with Crippen molar-refractivity contribution in [2.24, 2.45) is 5.92 Å². The van der Waals surface area contributed by atoms with Crippen LogP contribution < -0.4 is 14.2 Å². The molecule has 0 saturated heterocycles. The van der Waals surface area contributed by atoms with Gasteiger partial charge >= 0.3 is 18.6 Å². The van der Waals surface area contributed by atoms with E-state index in [9.17, 15) is 26.8 Å². The Morgan fingerprint density at radius 3 is 2.42 bits per heavy atom. The molecule has 2 aromatic carbocycles. The minimum Gasteiger partial charge on any atom is -0.489 e. The van der Waals surface area contributed by atoms with E-state index < -0.39 is 41.3 Å². The van der Waals surface area contributed by atoms with Crippen LogP contribution in [0.4, 0.5) is 14.5 Å². The van der Waals surface area contributed by atoms with Crippen molar-refractivity contribution in [3.8, 4) is 11.5 Å². The van der Waals surface area contributed by atoms with Crippen molar-refractivity contribution < 1.29 is 45.7 Å². The van der Waals surface area contributed by atoms with Crippen LogP contribution in [0.5, 0.6) is 11.5 Å². The summed E-state index contributed by atoms with van der Waals surface area (Å²) in [5.41, 5.74) is 0.564. The zero-order chi connectivity index (χ0) is 31.1. The van der Waals surface area contributed by atoms with Crippen LogP contribution in [0.15, 0.2) is 54.9 Å². The van der Waals surface area contributed by atoms with Crippen LogP contribution in [0, 0.1) is 5.92 Å². The second kappa shape index (κ2) is 14.2. The predicted molar refractivity (Wildman–Crippen MR) is 153 cm³/mol. The maximum Gasteiger partial charge on any atom is 0.387 e. The number of para-hydroxylation sites is 1. The Balaban J connectivity index is 1.55. The summed E-state index contributed by atoms with van der Waals surface area (Å²) >= 11 is 12.6. The summed E-state index contributed by atoms with van der Waals surface area (Å²) in [6, 6.07) is 9.79. The molecular weight excluding hydrogens is 633 g/mol. The van der Waals surface area contributed by atoms with Gasteiger partial charge in [0.1, 0.15) is 6.10 Å². The van der Waals surface area contributed by atoms with Gasteiger partial charge in [-0.05, 0) is 54.2 Å². The number of sulfonamides is 1. The molecule has 0 radical (unpaired) electrons. The molecule has 1 saturated carbocycles. The molecule has 1 N–H and O–H groups in total. The summed E-state index contributed by atoms with van der Waals surface area (Å²) < 4.78 is 72.7. The topological polar surface area (TPSA) is 130 Å². The van der Waals surface area contributed by atoms with Crippen molar-refractivity contribution in [3.05, 3.63) is 81.6 Å². The van der Waals surface area contributed by atoms with E-state index in [1.54, 1.807) is 0 Å². The smallest absolute Gasteiger partial charge is 0.387 e. The summed E-state index contributed by atoms with van der Waals surface area (Å²) in [6.07, 6.45) is 4.40. The number of nitrogens with zero attached hydrogens (tertiary/aromatic N) is 1. The molecule has 0 amide bonds. The van der Waals surface area contributed by atoms with Gasteiger partial charge in [-0.15, -0.1) is 0 Å². The first kappa shape index (κ1) is 32.2. The number of esters is 2. The fraction of sp³-hybridized carbons (Fsp3) is 0.321. The van der Waals surface area contributed by atoms with Gasteiger partial charge in [-0.3, -0.25) is 9.71 Å². The highest BCUT2D eigenvalue weighted by Gasteiger charge is 2.26. The van der Waals surface area contributed by atoms with Crippen molar-refractivity contribution in [2.75, 3.05) is 24.2 Å². The van der Waals surface area contributed by atoms with Crippen LogP contribution in [0.25, 0.3) is 0 Å². The van der Waals surface area contributed by atoms with E-state index in [2.05, 4.69) is 14.4 Å². The second-order valence-electron chi connectivity index (χ2n) is 9.60. The van der Waals surface area contributed by atoms with Crippen molar-refractivity contribution >= 4 is 50.9 Å². The molecule has 3 aromatic rings. The highest BCUT2D eigenvalue weighted by molar-refractivity contribution is 7.92. The first-order valence-electron chi connectivity index (χ1n) is 12.8. The van der Waals surface area contributed by atoms with Gasteiger partial charge in [0.15, 0.2) is 18.1 Å². The standard InChI is InChI=1S/C28H26Cl2F2N2O8S/c1-43(37,38)34-22-5-3-2-4-18(22)27(36)40-15-26(35)41-24(11-19-20(29)12-33-13-21(19)30)17-8-9-23(42-28(31)32)25(10-17)39-14-16-6-7-16/h2-5,8-10,12-13,16,24,28,34H,6-7,11,14-15H2,1H3/t24-/m0/s1. The molecule has 0 aliphatic heterocycles. The van der Waals surface area contributed by atoms with Gasteiger partial charge in [-0.2, -0.15) is 8.78 Å². The lowest BCUT2D eigenvalue weighted by Crippen LogP contribution is -2.21. The van der Waals surface area contributed by atoms with E-state index in [0.29, 0.717) is 23.7 Å². The molecule has 1 aliphatic rings. The number of ether oxygens (including phenoxy) is 4. The van der Waals surface area contributed by atoms with Crippen molar-refractivity contribution in [1.82, 2.24) is 4.98 Å². The molecule has 1 heterocycles. The van der Waals surface area contributed by atoms with Crippen molar-refractivity contribution in [3.63, 3.8) is 0 Å². The fourth-order valence-corrected chi connectivity index (χ4v) is 5.01. The van der Waals surface area contributed by atoms with Crippen molar-refractivity contribution in [1.29, 1.82) is 0 Å². The number of anilines is 1. The van der Waals surface area contributed by atoms with Crippen LogP contribution in [0.2, 0.25) is 10.0 Å². The van der Waals surface area contributed by atoms with E-state index in [-0.39, 0.29) is 39.2 Å². The Bertz CT molecular complexity index is 1570. The van der Waals surface area contributed by atoms with E-state index >= 15 is 0 Å². The molecule has 43 heavy (non-hydrogen) atoms.